The molecule has 0 spiro atoms. The average molecular weight is 363 g/mol. The number of carbonyl (C=O) groups is 3. The molecule has 0 saturated heterocycles. The van der Waals surface area contributed by atoms with Gasteiger partial charge in [-0.05, 0) is 40.5 Å². The number of urea groups is 1. The Bertz CT molecular complexity index is 577. The summed E-state index contributed by atoms with van der Waals surface area (Å²) in [6.45, 7) is 0.0466. The van der Waals surface area contributed by atoms with Gasteiger partial charge >= 0.3 is 18.0 Å². The Labute approximate surface area is 127 Å². The first-order valence-corrected chi connectivity index (χ1v) is 6.45. The maximum Gasteiger partial charge on any atom is 0.323 e. The van der Waals surface area contributed by atoms with Crippen molar-refractivity contribution >= 4 is 39.6 Å². The second-order valence-electron chi connectivity index (χ2n) is 4.15. The first-order chi connectivity index (χ1) is 9.70. The number of rotatable bonds is 5. The van der Waals surface area contributed by atoms with Crippen molar-refractivity contribution < 1.29 is 29.0 Å². The van der Waals surface area contributed by atoms with Gasteiger partial charge in [0.25, 0.3) is 0 Å². The van der Waals surface area contributed by atoms with Gasteiger partial charge in [-0.2, -0.15) is 0 Å². The first-order valence-electron chi connectivity index (χ1n) is 5.66. The van der Waals surface area contributed by atoms with Crippen molar-refractivity contribution in [2.45, 2.75) is 6.92 Å². The maximum atomic E-state index is 13.4. The van der Waals surface area contributed by atoms with E-state index in [0.717, 1.165) is 6.07 Å². The molecule has 21 heavy (non-hydrogen) atoms. The molecule has 1 aromatic rings. The Morgan fingerprint density at radius 3 is 2.24 bits per heavy atom. The average Bonchev–Trinajstić information content (AvgIpc) is 2.33. The van der Waals surface area contributed by atoms with Crippen LogP contribution >= 0.6 is 15.9 Å². The number of nitrogens with zero attached hydrogens (tertiary/aromatic N) is 1. The van der Waals surface area contributed by atoms with Crippen LogP contribution in [0.1, 0.15) is 5.56 Å². The van der Waals surface area contributed by atoms with Crippen molar-refractivity contribution in [3.8, 4) is 0 Å². The lowest BCUT2D eigenvalue weighted by molar-refractivity contribution is -0.140. The highest BCUT2D eigenvalue weighted by Gasteiger charge is 2.20. The lowest BCUT2D eigenvalue weighted by Gasteiger charge is -2.20. The van der Waals surface area contributed by atoms with Gasteiger partial charge in [-0.15, -0.1) is 0 Å². The Balaban J connectivity index is 2.93. The van der Waals surface area contributed by atoms with Gasteiger partial charge in [0.1, 0.15) is 18.9 Å². The quantitative estimate of drug-likeness (QED) is 0.741. The van der Waals surface area contributed by atoms with E-state index in [4.69, 9.17) is 10.2 Å². The van der Waals surface area contributed by atoms with E-state index in [1.54, 1.807) is 6.92 Å². The fraction of sp³-hybridized carbons (Fsp3) is 0.250. The highest BCUT2D eigenvalue weighted by atomic mass is 79.9. The molecular weight excluding hydrogens is 351 g/mol. The van der Waals surface area contributed by atoms with Crippen molar-refractivity contribution in [2.75, 3.05) is 18.4 Å². The fourth-order valence-electron chi connectivity index (χ4n) is 1.50. The minimum absolute atomic E-state index is 0.126. The number of carbonyl (C=O) groups excluding carboxylic acids is 1. The lowest BCUT2D eigenvalue weighted by Crippen LogP contribution is -2.42. The number of benzene rings is 1. The molecule has 0 fully saturated rings. The van der Waals surface area contributed by atoms with Gasteiger partial charge in [0.2, 0.25) is 0 Å². The molecule has 0 aromatic heterocycles. The molecular formula is C12H12BrFN2O5. The van der Waals surface area contributed by atoms with E-state index < -0.39 is 36.9 Å². The van der Waals surface area contributed by atoms with Crippen LogP contribution in [-0.2, 0) is 9.59 Å². The van der Waals surface area contributed by atoms with Crippen molar-refractivity contribution in [1.82, 2.24) is 4.90 Å². The van der Waals surface area contributed by atoms with Gasteiger partial charge in [-0.25, -0.2) is 9.18 Å². The number of carboxylic acids is 2. The van der Waals surface area contributed by atoms with Gasteiger partial charge in [-0.3, -0.25) is 9.59 Å². The zero-order chi connectivity index (χ0) is 16.2. The SMILES string of the molecule is Cc1cc(Br)c(F)cc1NC(=O)N(CC(=O)O)CC(=O)O. The lowest BCUT2D eigenvalue weighted by atomic mass is 10.2. The summed E-state index contributed by atoms with van der Waals surface area (Å²) in [5.41, 5.74) is 0.656. The molecule has 0 aliphatic rings. The summed E-state index contributed by atoms with van der Waals surface area (Å²) < 4.78 is 13.6. The van der Waals surface area contributed by atoms with Gasteiger partial charge in [0.05, 0.1) is 4.47 Å². The summed E-state index contributed by atoms with van der Waals surface area (Å²) in [7, 11) is 0. The number of aliphatic carboxylic acids is 2. The van der Waals surface area contributed by atoms with Gasteiger partial charge in [0, 0.05) is 5.69 Å². The standard InChI is InChI=1S/C12H12BrFN2O5/c1-6-2-7(13)8(14)3-9(6)15-12(21)16(4-10(17)18)5-11(19)20/h2-3H,4-5H2,1H3,(H,15,21)(H,17,18)(H,19,20). The number of carboxylic acid groups (broad SMARTS) is 2. The van der Waals surface area contributed by atoms with E-state index in [2.05, 4.69) is 21.2 Å². The number of anilines is 1. The molecule has 0 aliphatic heterocycles. The summed E-state index contributed by atoms with van der Waals surface area (Å²) in [4.78, 5) is 33.7. The molecule has 9 heteroatoms. The van der Waals surface area contributed by atoms with Crippen LogP contribution in [0.5, 0.6) is 0 Å². The van der Waals surface area contributed by atoms with Crippen molar-refractivity contribution in [1.29, 1.82) is 0 Å². The zero-order valence-corrected chi connectivity index (χ0v) is 12.5. The van der Waals surface area contributed by atoms with Crippen LogP contribution in [0, 0.1) is 12.7 Å². The van der Waals surface area contributed by atoms with Gasteiger partial charge in [0.15, 0.2) is 0 Å². The minimum atomic E-state index is -1.36. The number of aryl methyl sites for hydroxylation is 1. The summed E-state index contributed by atoms with van der Waals surface area (Å²) in [6.07, 6.45) is 0. The summed E-state index contributed by atoms with van der Waals surface area (Å²) in [6, 6.07) is 1.55. The normalized spacial score (nSPS) is 10.0. The molecule has 114 valence electrons. The number of hydrogen-bond acceptors (Lipinski definition) is 3. The zero-order valence-electron chi connectivity index (χ0n) is 10.9. The van der Waals surface area contributed by atoms with Crippen LogP contribution in [0.25, 0.3) is 0 Å². The highest BCUT2D eigenvalue weighted by Crippen LogP contribution is 2.24. The molecule has 2 amide bonds. The highest BCUT2D eigenvalue weighted by molar-refractivity contribution is 9.10. The van der Waals surface area contributed by atoms with Crippen molar-refractivity contribution in [3.05, 3.63) is 28.0 Å². The molecule has 1 rings (SSSR count). The third-order valence-corrected chi connectivity index (χ3v) is 3.06. The second kappa shape index (κ2) is 7.02. The Kier molecular flexibility index (Phi) is 5.65. The molecule has 0 aliphatic carbocycles. The van der Waals surface area contributed by atoms with Crippen molar-refractivity contribution in [3.63, 3.8) is 0 Å². The van der Waals surface area contributed by atoms with Crippen molar-refractivity contribution in [2.24, 2.45) is 0 Å². The monoisotopic (exact) mass is 362 g/mol. The number of nitrogens with one attached hydrogen (secondary N) is 1. The topological polar surface area (TPSA) is 107 Å². The summed E-state index contributed by atoms with van der Waals surface area (Å²) in [5.74, 6) is -3.32. The van der Waals surface area contributed by atoms with E-state index in [-0.39, 0.29) is 10.2 Å². The molecule has 7 nitrogen and oxygen atoms in total. The Morgan fingerprint density at radius 2 is 1.76 bits per heavy atom. The smallest absolute Gasteiger partial charge is 0.323 e. The summed E-state index contributed by atoms with van der Waals surface area (Å²) in [5, 5.41) is 19.6. The molecule has 0 atom stereocenters. The van der Waals surface area contributed by atoms with Crippen LogP contribution in [0.15, 0.2) is 16.6 Å². The predicted octanol–water partition coefficient (Wildman–Crippen LogP) is 1.90. The maximum absolute atomic E-state index is 13.4. The third kappa shape index (κ3) is 5.03. The van der Waals surface area contributed by atoms with E-state index in [9.17, 15) is 18.8 Å². The minimum Gasteiger partial charge on any atom is -0.480 e. The summed E-state index contributed by atoms with van der Waals surface area (Å²) >= 11 is 2.99. The number of amides is 2. The Hall–Kier alpha value is -2.16. The van der Waals surface area contributed by atoms with Gasteiger partial charge in [-0.1, -0.05) is 0 Å². The molecule has 1 aromatic carbocycles. The first kappa shape index (κ1) is 16.9. The van der Waals surface area contributed by atoms with E-state index in [1.165, 1.54) is 6.07 Å². The van der Waals surface area contributed by atoms with Crippen LogP contribution in [0.4, 0.5) is 14.9 Å². The third-order valence-electron chi connectivity index (χ3n) is 2.45. The molecule has 0 heterocycles. The van der Waals surface area contributed by atoms with E-state index in [0.29, 0.717) is 10.5 Å². The Morgan fingerprint density at radius 1 is 1.24 bits per heavy atom. The van der Waals surface area contributed by atoms with Crippen LogP contribution in [0.2, 0.25) is 0 Å². The predicted molar refractivity (Wildman–Crippen MR) is 74.7 cm³/mol. The number of halogens is 2. The van der Waals surface area contributed by atoms with Crippen LogP contribution in [-0.4, -0.2) is 46.2 Å². The fourth-order valence-corrected chi connectivity index (χ4v) is 1.96. The molecule has 0 unspecified atom stereocenters. The van der Waals surface area contributed by atoms with Gasteiger partial charge < -0.3 is 20.4 Å². The molecule has 3 N–H and O–H groups in total. The largest absolute Gasteiger partial charge is 0.480 e. The number of hydrogen-bond donors (Lipinski definition) is 3. The second-order valence-corrected chi connectivity index (χ2v) is 5.01. The van der Waals surface area contributed by atoms with Crippen LogP contribution in [0.3, 0.4) is 0 Å². The molecule has 0 bridgehead atoms. The van der Waals surface area contributed by atoms with E-state index in [1.807, 2.05) is 0 Å². The van der Waals surface area contributed by atoms with E-state index >= 15 is 0 Å². The molecule has 0 radical (unpaired) electrons. The molecule has 0 saturated carbocycles. The van der Waals surface area contributed by atoms with Crippen LogP contribution < -0.4 is 5.32 Å².